The number of aromatic amines is 1. The van der Waals surface area contributed by atoms with E-state index in [0.717, 1.165) is 17.0 Å². The molecule has 3 nitrogen and oxygen atoms in total. The van der Waals surface area contributed by atoms with E-state index in [1.165, 1.54) is 0 Å². The van der Waals surface area contributed by atoms with Crippen molar-refractivity contribution < 1.29 is 0 Å². The molecule has 2 aromatic rings. The van der Waals surface area contributed by atoms with Crippen LogP contribution in [0.25, 0.3) is 11.0 Å². The molecule has 15 heavy (non-hydrogen) atoms. The van der Waals surface area contributed by atoms with Gasteiger partial charge in [-0.15, -0.1) is 11.8 Å². The van der Waals surface area contributed by atoms with Crippen LogP contribution in [0.2, 0.25) is 0 Å². The number of benzene rings is 1. The number of para-hydroxylation sites is 2. The van der Waals surface area contributed by atoms with Gasteiger partial charge in [0.1, 0.15) is 0 Å². The SMILES string of the molecule is C1=CN(c2nc3ccccc3[nH]2)C=CS1. The lowest BCUT2D eigenvalue weighted by Crippen LogP contribution is -2.09. The highest BCUT2D eigenvalue weighted by Gasteiger charge is 2.07. The minimum atomic E-state index is 0.851. The molecule has 0 saturated heterocycles. The van der Waals surface area contributed by atoms with E-state index in [2.05, 4.69) is 9.97 Å². The lowest BCUT2D eigenvalue weighted by atomic mass is 10.3. The number of aromatic nitrogens is 2. The number of thioether (sulfide) groups is 1. The molecule has 1 aliphatic rings. The Morgan fingerprint density at radius 2 is 1.93 bits per heavy atom. The Balaban J connectivity index is 2.07. The number of H-pyrrole nitrogens is 1. The highest BCUT2D eigenvalue weighted by Crippen LogP contribution is 2.21. The monoisotopic (exact) mass is 215 g/mol. The van der Waals surface area contributed by atoms with Crippen LogP contribution in [0.5, 0.6) is 0 Å². The topological polar surface area (TPSA) is 31.9 Å². The van der Waals surface area contributed by atoms with E-state index in [0.29, 0.717) is 0 Å². The number of rotatable bonds is 1. The first-order chi connectivity index (χ1) is 7.43. The van der Waals surface area contributed by atoms with Crippen molar-refractivity contribution in [2.75, 3.05) is 4.90 Å². The Labute approximate surface area is 91.5 Å². The second-order valence-electron chi connectivity index (χ2n) is 3.19. The van der Waals surface area contributed by atoms with Crippen LogP contribution in [0.1, 0.15) is 0 Å². The van der Waals surface area contributed by atoms with E-state index in [1.807, 2.05) is 52.4 Å². The lowest BCUT2D eigenvalue weighted by Gasteiger charge is -2.13. The molecule has 0 amide bonds. The molecule has 3 rings (SSSR count). The third-order valence-electron chi connectivity index (χ3n) is 2.22. The van der Waals surface area contributed by atoms with Gasteiger partial charge in [0.15, 0.2) is 0 Å². The van der Waals surface area contributed by atoms with Crippen LogP contribution < -0.4 is 4.90 Å². The summed E-state index contributed by atoms with van der Waals surface area (Å²) in [6.07, 6.45) is 3.98. The highest BCUT2D eigenvalue weighted by atomic mass is 32.2. The summed E-state index contributed by atoms with van der Waals surface area (Å²) in [5, 5.41) is 4.04. The van der Waals surface area contributed by atoms with Crippen LogP contribution in [0, 0.1) is 0 Å². The maximum atomic E-state index is 4.50. The zero-order valence-electron chi connectivity index (χ0n) is 7.92. The maximum Gasteiger partial charge on any atom is 0.212 e. The fourth-order valence-electron chi connectivity index (χ4n) is 1.50. The van der Waals surface area contributed by atoms with Crippen molar-refractivity contribution in [1.29, 1.82) is 0 Å². The van der Waals surface area contributed by atoms with Gasteiger partial charge in [0.05, 0.1) is 11.0 Å². The van der Waals surface area contributed by atoms with Gasteiger partial charge in [-0.1, -0.05) is 12.1 Å². The Bertz CT molecular complexity index is 497. The lowest BCUT2D eigenvalue weighted by molar-refractivity contribution is 1.15. The number of imidazole rings is 1. The Hall–Kier alpha value is -1.68. The van der Waals surface area contributed by atoms with E-state index in [1.54, 1.807) is 11.8 Å². The minimum absolute atomic E-state index is 0.851. The van der Waals surface area contributed by atoms with Crippen LogP contribution in [0.3, 0.4) is 0 Å². The summed E-state index contributed by atoms with van der Waals surface area (Å²) in [5.41, 5.74) is 2.06. The number of nitrogens with one attached hydrogen (secondary N) is 1. The molecular weight excluding hydrogens is 206 g/mol. The molecule has 0 spiro atoms. The predicted octanol–water partition coefficient (Wildman–Crippen LogP) is 3.06. The molecule has 74 valence electrons. The molecule has 1 aliphatic heterocycles. The van der Waals surface area contributed by atoms with Gasteiger partial charge in [0.2, 0.25) is 5.95 Å². The third kappa shape index (κ3) is 1.53. The zero-order chi connectivity index (χ0) is 10.1. The van der Waals surface area contributed by atoms with Gasteiger partial charge in [-0.2, -0.15) is 0 Å². The van der Waals surface area contributed by atoms with Crippen molar-refractivity contribution in [3.05, 3.63) is 47.5 Å². The Morgan fingerprint density at radius 3 is 2.73 bits per heavy atom. The van der Waals surface area contributed by atoms with Gasteiger partial charge in [0.25, 0.3) is 0 Å². The number of hydrogen-bond acceptors (Lipinski definition) is 3. The molecule has 0 unspecified atom stereocenters. The first kappa shape index (κ1) is 8.61. The summed E-state index contributed by atoms with van der Waals surface area (Å²) in [7, 11) is 0. The quantitative estimate of drug-likeness (QED) is 0.793. The van der Waals surface area contributed by atoms with Crippen molar-refractivity contribution >= 4 is 28.7 Å². The summed E-state index contributed by atoms with van der Waals surface area (Å²) in [6.45, 7) is 0. The zero-order valence-corrected chi connectivity index (χ0v) is 8.74. The summed E-state index contributed by atoms with van der Waals surface area (Å²) >= 11 is 1.66. The van der Waals surface area contributed by atoms with E-state index < -0.39 is 0 Å². The van der Waals surface area contributed by atoms with Crippen LogP contribution in [0.15, 0.2) is 47.5 Å². The molecular formula is C11H9N3S. The Morgan fingerprint density at radius 1 is 1.13 bits per heavy atom. The van der Waals surface area contributed by atoms with Crippen LogP contribution in [-0.4, -0.2) is 9.97 Å². The molecule has 2 heterocycles. The molecule has 4 heteroatoms. The standard InChI is InChI=1S/C11H9N3S/c1-2-4-10-9(3-1)12-11(13-10)14-5-7-15-8-6-14/h1-8H,(H,12,13). The van der Waals surface area contributed by atoms with Crippen LogP contribution >= 0.6 is 11.8 Å². The third-order valence-corrected chi connectivity index (χ3v) is 2.78. The van der Waals surface area contributed by atoms with E-state index >= 15 is 0 Å². The average Bonchev–Trinajstić information content (AvgIpc) is 2.74. The maximum absolute atomic E-state index is 4.50. The predicted molar refractivity (Wildman–Crippen MR) is 64.4 cm³/mol. The van der Waals surface area contributed by atoms with Crippen molar-refractivity contribution in [2.45, 2.75) is 0 Å². The number of hydrogen-bond donors (Lipinski definition) is 1. The smallest absolute Gasteiger partial charge is 0.212 e. The first-order valence-electron chi connectivity index (χ1n) is 4.65. The summed E-state index contributed by atoms with van der Waals surface area (Å²) < 4.78 is 0. The molecule has 0 saturated carbocycles. The summed E-state index contributed by atoms with van der Waals surface area (Å²) in [4.78, 5) is 9.73. The van der Waals surface area contributed by atoms with Crippen molar-refractivity contribution in [3.63, 3.8) is 0 Å². The second kappa shape index (κ2) is 3.47. The molecule has 0 aliphatic carbocycles. The fraction of sp³-hybridized carbons (Fsp3) is 0. The molecule has 0 bridgehead atoms. The first-order valence-corrected chi connectivity index (χ1v) is 5.60. The second-order valence-corrected chi connectivity index (χ2v) is 4.01. The Kier molecular flexibility index (Phi) is 1.99. The van der Waals surface area contributed by atoms with Gasteiger partial charge in [-0.3, -0.25) is 4.90 Å². The summed E-state index contributed by atoms with van der Waals surface area (Å²) in [6, 6.07) is 8.02. The normalized spacial score (nSPS) is 15.1. The van der Waals surface area contributed by atoms with Crippen LogP contribution in [0.4, 0.5) is 5.95 Å². The minimum Gasteiger partial charge on any atom is -0.323 e. The molecule has 0 radical (unpaired) electrons. The van der Waals surface area contributed by atoms with E-state index in [9.17, 15) is 0 Å². The largest absolute Gasteiger partial charge is 0.323 e. The van der Waals surface area contributed by atoms with Gasteiger partial charge in [0, 0.05) is 12.4 Å². The van der Waals surface area contributed by atoms with Crippen molar-refractivity contribution in [3.8, 4) is 0 Å². The van der Waals surface area contributed by atoms with Crippen molar-refractivity contribution in [2.24, 2.45) is 0 Å². The van der Waals surface area contributed by atoms with Gasteiger partial charge < -0.3 is 4.98 Å². The fourth-order valence-corrected chi connectivity index (χ4v) is 1.99. The van der Waals surface area contributed by atoms with Gasteiger partial charge in [-0.05, 0) is 22.9 Å². The number of fused-ring (bicyclic) bond motifs is 1. The van der Waals surface area contributed by atoms with E-state index in [-0.39, 0.29) is 0 Å². The average molecular weight is 215 g/mol. The highest BCUT2D eigenvalue weighted by molar-refractivity contribution is 8.04. The number of nitrogens with zero attached hydrogens (tertiary/aromatic N) is 2. The van der Waals surface area contributed by atoms with Crippen molar-refractivity contribution in [1.82, 2.24) is 9.97 Å². The summed E-state index contributed by atoms with van der Waals surface area (Å²) in [5.74, 6) is 0.851. The molecule has 0 fully saturated rings. The molecule has 1 N–H and O–H groups in total. The number of anilines is 1. The van der Waals surface area contributed by atoms with Gasteiger partial charge >= 0.3 is 0 Å². The molecule has 1 aromatic carbocycles. The molecule has 1 aromatic heterocycles. The van der Waals surface area contributed by atoms with Crippen LogP contribution in [-0.2, 0) is 0 Å². The van der Waals surface area contributed by atoms with Gasteiger partial charge in [-0.25, -0.2) is 4.98 Å². The van der Waals surface area contributed by atoms with E-state index in [4.69, 9.17) is 0 Å². The molecule has 0 atom stereocenters.